The SMILES string of the molecule is Cc1cc(C)cc(-n2c(SCc3cccc(C#N)c3)nc3ccccc3c2=O)c1. The average molecular weight is 398 g/mol. The van der Waals surface area contributed by atoms with E-state index in [4.69, 9.17) is 10.2 Å². The van der Waals surface area contributed by atoms with Gasteiger partial charge in [0, 0.05) is 5.75 Å². The Morgan fingerprint density at radius 1 is 1.00 bits per heavy atom. The fourth-order valence-electron chi connectivity index (χ4n) is 3.40. The topological polar surface area (TPSA) is 58.7 Å². The minimum atomic E-state index is -0.0751. The average Bonchev–Trinajstić information content (AvgIpc) is 2.72. The highest BCUT2D eigenvalue weighted by Gasteiger charge is 2.14. The maximum atomic E-state index is 13.4. The Hall–Kier alpha value is -3.36. The number of hydrogen-bond donors (Lipinski definition) is 0. The van der Waals surface area contributed by atoms with Crippen LogP contribution in [0.25, 0.3) is 16.6 Å². The van der Waals surface area contributed by atoms with Gasteiger partial charge in [-0.05, 0) is 66.9 Å². The van der Waals surface area contributed by atoms with E-state index >= 15 is 0 Å². The normalized spacial score (nSPS) is 10.8. The molecule has 1 heterocycles. The van der Waals surface area contributed by atoms with Crippen molar-refractivity contribution in [1.82, 2.24) is 9.55 Å². The zero-order chi connectivity index (χ0) is 20.4. The standard InChI is InChI=1S/C24H19N3OS/c1-16-10-17(2)12-20(11-16)27-23(28)21-8-3-4-9-22(21)26-24(27)29-15-19-7-5-6-18(13-19)14-25/h3-13H,15H2,1-2H3. The molecule has 4 nitrogen and oxygen atoms in total. The van der Waals surface area contributed by atoms with Crippen LogP contribution < -0.4 is 5.56 Å². The van der Waals surface area contributed by atoms with E-state index in [-0.39, 0.29) is 5.56 Å². The highest BCUT2D eigenvalue weighted by molar-refractivity contribution is 7.98. The van der Waals surface area contributed by atoms with Gasteiger partial charge in [0.25, 0.3) is 5.56 Å². The molecule has 3 aromatic carbocycles. The molecule has 0 aliphatic carbocycles. The molecule has 0 aliphatic heterocycles. The molecule has 0 radical (unpaired) electrons. The minimum Gasteiger partial charge on any atom is -0.268 e. The van der Waals surface area contributed by atoms with Crippen LogP contribution in [0.2, 0.25) is 0 Å². The van der Waals surface area contributed by atoms with Crippen LogP contribution in [0.5, 0.6) is 0 Å². The van der Waals surface area contributed by atoms with Crippen LogP contribution in [0.1, 0.15) is 22.3 Å². The zero-order valence-electron chi connectivity index (χ0n) is 16.2. The first kappa shape index (κ1) is 19.0. The number of aryl methyl sites for hydroxylation is 2. The summed E-state index contributed by atoms with van der Waals surface area (Å²) >= 11 is 1.50. The lowest BCUT2D eigenvalue weighted by Crippen LogP contribution is -2.22. The number of nitriles is 1. The predicted octanol–water partition coefficient (Wildman–Crippen LogP) is 5.17. The summed E-state index contributed by atoms with van der Waals surface area (Å²) in [7, 11) is 0. The minimum absolute atomic E-state index is 0.0751. The number of thioether (sulfide) groups is 1. The molecule has 0 aliphatic rings. The van der Waals surface area contributed by atoms with Gasteiger partial charge in [-0.1, -0.05) is 42.1 Å². The van der Waals surface area contributed by atoms with Gasteiger partial charge in [0.05, 0.1) is 28.2 Å². The second kappa shape index (κ2) is 7.94. The van der Waals surface area contributed by atoms with Crippen LogP contribution in [0.4, 0.5) is 0 Å². The summed E-state index contributed by atoms with van der Waals surface area (Å²) in [5.41, 5.74) is 5.26. The van der Waals surface area contributed by atoms with E-state index in [0.29, 0.717) is 27.4 Å². The molecule has 4 aromatic rings. The molecule has 4 rings (SSSR count). The molecule has 1 aromatic heterocycles. The number of benzene rings is 3. The smallest absolute Gasteiger partial charge is 0.266 e. The Bertz CT molecular complexity index is 1300. The highest BCUT2D eigenvalue weighted by Crippen LogP contribution is 2.25. The lowest BCUT2D eigenvalue weighted by molar-refractivity contribution is 0.818. The summed E-state index contributed by atoms with van der Waals surface area (Å²) in [5.74, 6) is 0.616. The van der Waals surface area contributed by atoms with E-state index in [1.165, 1.54) is 11.8 Å². The number of nitrogens with zero attached hydrogens (tertiary/aromatic N) is 3. The molecule has 142 valence electrons. The van der Waals surface area contributed by atoms with E-state index in [2.05, 4.69) is 12.1 Å². The Kier molecular flexibility index (Phi) is 5.20. The molecule has 0 saturated carbocycles. The van der Waals surface area contributed by atoms with Crippen LogP contribution in [0.15, 0.2) is 76.7 Å². The maximum absolute atomic E-state index is 13.4. The van der Waals surface area contributed by atoms with Gasteiger partial charge in [0.2, 0.25) is 0 Å². The molecule has 0 atom stereocenters. The third kappa shape index (κ3) is 3.94. The van der Waals surface area contributed by atoms with Crippen molar-refractivity contribution in [2.24, 2.45) is 0 Å². The van der Waals surface area contributed by atoms with Crippen LogP contribution >= 0.6 is 11.8 Å². The van der Waals surface area contributed by atoms with Crippen LogP contribution in [0.3, 0.4) is 0 Å². The molecular formula is C24H19N3OS. The molecule has 0 fully saturated rings. The summed E-state index contributed by atoms with van der Waals surface area (Å²) in [5, 5.41) is 10.4. The Balaban J connectivity index is 1.85. The van der Waals surface area contributed by atoms with E-state index in [0.717, 1.165) is 22.4 Å². The maximum Gasteiger partial charge on any atom is 0.266 e. The molecule has 0 bridgehead atoms. The third-order valence-electron chi connectivity index (χ3n) is 4.63. The molecule has 29 heavy (non-hydrogen) atoms. The number of fused-ring (bicyclic) bond motifs is 1. The second-order valence-corrected chi connectivity index (χ2v) is 7.94. The van der Waals surface area contributed by atoms with Gasteiger partial charge in [-0.2, -0.15) is 5.26 Å². The number of rotatable bonds is 4. The summed E-state index contributed by atoms with van der Waals surface area (Å²) in [6, 6.07) is 23.2. The number of aromatic nitrogens is 2. The van der Waals surface area contributed by atoms with Crippen molar-refractivity contribution >= 4 is 22.7 Å². The van der Waals surface area contributed by atoms with Crippen LogP contribution in [-0.4, -0.2) is 9.55 Å². The lowest BCUT2D eigenvalue weighted by atomic mass is 10.1. The monoisotopic (exact) mass is 397 g/mol. The van der Waals surface area contributed by atoms with Crippen molar-refractivity contribution in [3.05, 3.63) is 99.3 Å². The van der Waals surface area contributed by atoms with Crippen LogP contribution in [0, 0.1) is 25.2 Å². The lowest BCUT2D eigenvalue weighted by Gasteiger charge is -2.14. The fraction of sp³-hybridized carbons (Fsp3) is 0.125. The molecule has 0 unspecified atom stereocenters. The summed E-state index contributed by atoms with van der Waals surface area (Å²) in [4.78, 5) is 18.1. The molecule has 0 amide bonds. The number of hydrogen-bond acceptors (Lipinski definition) is 4. The first-order valence-electron chi connectivity index (χ1n) is 9.27. The zero-order valence-corrected chi connectivity index (χ0v) is 17.0. The van der Waals surface area contributed by atoms with E-state index in [1.54, 1.807) is 10.6 Å². The van der Waals surface area contributed by atoms with Gasteiger partial charge in [-0.3, -0.25) is 9.36 Å². The molecule has 0 saturated heterocycles. The van der Waals surface area contributed by atoms with Gasteiger partial charge in [0.1, 0.15) is 0 Å². The van der Waals surface area contributed by atoms with Gasteiger partial charge in [-0.25, -0.2) is 4.98 Å². The number of para-hydroxylation sites is 1. The van der Waals surface area contributed by atoms with Crippen molar-refractivity contribution in [2.75, 3.05) is 0 Å². The van der Waals surface area contributed by atoms with Crippen molar-refractivity contribution in [3.8, 4) is 11.8 Å². The third-order valence-corrected chi connectivity index (χ3v) is 5.64. The first-order chi connectivity index (χ1) is 14.0. The van der Waals surface area contributed by atoms with E-state index < -0.39 is 0 Å². The van der Waals surface area contributed by atoms with E-state index in [1.807, 2.05) is 68.4 Å². The summed E-state index contributed by atoms with van der Waals surface area (Å²) in [6.45, 7) is 4.05. The molecule has 5 heteroatoms. The molecule has 0 N–H and O–H groups in total. The van der Waals surface area contributed by atoms with Crippen molar-refractivity contribution in [2.45, 2.75) is 24.8 Å². The van der Waals surface area contributed by atoms with Gasteiger partial charge in [0.15, 0.2) is 5.16 Å². The molecular weight excluding hydrogens is 378 g/mol. The van der Waals surface area contributed by atoms with Gasteiger partial charge < -0.3 is 0 Å². The second-order valence-electron chi connectivity index (χ2n) is 7.00. The van der Waals surface area contributed by atoms with Gasteiger partial charge >= 0.3 is 0 Å². The van der Waals surface area contributed by atoms with Crippen molar-refractivity contribution in [3.63, 3.8) is 0 Å². The van der Waals surface area contributed by atoms with Crippen LogP contribution in [-0.2, 0) is 5.75 Å². The molecule has 0 spiro atoms. The summed E-state index contributed by atoms with van der Waals surface area (Å²) in [6.07, 6.45) is 0. The Morgan fingerprint density at radius 3 is 2.52 bits per heavy atom. The first-order valence-corrected chi connectivity index (χ1v) is 10.3. The predicted molar refractivity (Wildman–Crippen MR) is 118 cm³/mol. The highest BCUT2D eigenvalue weighted by atomic mass is 32.2. The fourth-order valence-corrected chi connectivity index (χ4v) is 4.35. The Morgan fingerprint density at radius 2 is 1.76 bits per heavy atom. The van der Waals surface area contributed by atoms with Gasteiger partial charge in [-0.15, -0.1) is 0 Å². The van der Waals surface area contributed by atoms with E-state index in [9.17, 15) is 4.79 Å². The van der Waals surface area contributed by atoms with Crippen molar-refractivity contribution < 1.29 is 0 Å². The largest absolute Gasteiger partial charge is 0.268 e. The quantitative estimate of drug-likeness (QED) is 0.352. The Labute approximate surface area is 173 Å². The van der Waals surface area contributed by atoms with Crippen molar-refractivity contribution in [1.29, 1.82) is 5.26 Å². The summed E-state index contributed by atoms with van der Waals surface area (Å²) < 4.78 is 1.70.